The molecule has 2 atom stereocenters. The third-order valence-corrected chi connectivity index (χ3v) is 7.34. The third kappa shape index (κ3) is 5.32. The van der Waals surface area contributed by atoms with Crippen LogP contribution in [0.25, 0.3) is 0 Å². The van der Waals surface area contributed by atoms with Crippen molar-refractivity contribution in [3.05, 3.63) is 98.4 Å². The standard InChI is InChI=1S/C27H30N4O4S/c1-5-35-27(32)23-18(3)28-26-25(24(23)20-12-9-13-21(15-20)31(33)34)22(29-36-26)16-30(4)17(2)14-19-10-7-6-8-11-19/h6-13,15,17,24,28H,5,14,16H2,1-4H3. The Morgan fingerprint density at radius 2 is 2.00 bits per heavy atom. The summed E-state index contributed by atoms with van der Waals surface area (Å²) < 4.78 is 10.2. The molecule has 1 aliphatic heterocycles. The number of fused-ring (bicyclic) bond motifs is 1. The number of esters is 1. The van der Waals surface area contributed by atoms with E-state index < -0.39 is 16.8 Å². The van der Waals surface area contributed by atoms with Crippen LogP contribution in [-0.4, -0.2) is 39.9 Å². The second kappa shape index (κ2) is 11.0. The number of hydrogen-bond donors (Lipinski definition) is 1. The highest BCUT2D eigenvalue weighted by Crippen LogP contribution is 2.46. The first-order valence-corrected chi connectivity index (χ1v) is 12.7. The summed E-state index contributed by atoms with van der Waals surface area (Å²) in [6, 6.07) is 17.1. The van der Waals surface area contributed by atoms with Gasteiger partial charge >= 0.3 is 5.97 Å². The first kappa shape index (κ1) is 25.5. The molecule has 1 N–H and O–H groups in total. The second-order valence-corrected chi connectivity index (χ2v) is 9.77. The minimum absolute atomic E-state index is 0.0215. The minimum Gasteiger partial charge on any atom is -0.463 e. The van der Waals surface area contributed by atoms with E-state index in [-0.39, 0.29) is 18.3 Å². The quantitative estimate of drug-likeness (QED) is 0.232. The van der Waals surface area contributed by atoms with Gasteiger partial charge in [-0.3, -0.25) is 15.0 Å². The molecule has 0 fully saturated rings. The molecule has 8 nitrogen and oxygen atoms in total. The Balaban J connectivity index is 1.72. The van der Waals surface area contributed by atoms with E-state index in [2.05, 4.69) is 36.3 Å². The number of non-ortho nitro benzene ring substituents is 1. The summed E-state index contributed by atoms with van der Waals surface area (Å²) in [4.78, 5) is 26.4. The van der Waals surface area contributed by atoms with E-state index in [4.69, 9.17) is 9.11 Å². The fraction of sp³-hybridized carbons (Fsp3) is 0.333. The van der Waals surface area contributed by atoms with Crippen LogP contribution in [0.2, 0.25) is 0 Å². The van der Waals surface area contributed by atoms with Crippen molar-refractivity contribution in [1.82, 2.24) is 9.27 Å². The summed E-state index contributed by atoms with van der Waals surface area (Å²) in [5.74, 6) is -0.959. The number of aromatic nitrogens is 1. The van der Waals surface area contributed by atoms with Gasteiger partial charge in [-0.1, -0.05) is 42.5 Å². The van der Waals surface area contributed by atoms with Gasteiger partial charge in [0.15, 0.2) is 0 Å². The molecule has 0 radical (unpaired) electrons. The molecule has 2 heterocycles. The highest BCUT2D eigenvalue weighted by atomic mass is 32.1. The molecule has 1 aliphatic rings. The smallest absolute Gasteiger partial charge is 0.336 e. The molecular weight excluding hydrogens is 476 g/mol. The monoisotopic (exact) mass is 506 g/mol. The van der Waals surface area contributed by atoms with Gasteiger partial charge < -0.3 is 10.1 Å². The number of carbonyl (C=O) groups excluding carboxylic acids is 1. The van der Waals surface area contributed by atoms with Crippen molar-refractivity contribution in [1.29, 1.82) is 0 Å². The number of ether oxygens (including phenoxy) is 1. The maximum absolute atomic E-state index is 13.1. The zero-order valence-corrected chi connectivity index (χ0v) is 21.7. The van der Waals surface area contributed by atoms with Crippen molar-refractivity contribution in [2.45, 2.75) is 45.7 Å². The Morgan fingerprint density at radius 1 is 1.25 bits per heavy atom. The molecule has 2 unspecified atom stereocenters. The lowest BCUT2D eigenvalue weighted by atomic mass is 9.81. The van der Waals surface area contributed by atoms with E-state index in [1.54, 1.807) is 13.0 Å². The highest BCUT2D eigenvalue weighted by Gasteiger charge is 2.37. The molecule has 9 heteroatoms. The van der Waals surface area contributed by atoms with E-state index >= 15 is 0 Å². The lowest BCUT2D eigenvalue weighted by molar-refractivity contribution is -0.384. The predicted octanol–water partition coefficient (Wildman–Crippen LogP) is 5.51. The van der Waals surface area contributed by atoms with Gasteiger partial charge in [-0.05, 0) is 56.9 Å². The maximum Gasteiger partial charge on any atom is 0.336 e. The largest absolute Gasteiger partial charge is 0.463 e. The predicted molar refractivity (Wildman–Crippen MR) is 141 cm³/mol. The number of benzene rings is 2. The summed E-state index contributed by atoms with van der Waals surface area (Å²) in [5, 5.41) is 15.7. The van der Waals surface area contributed by atoms with Crippen molar-refractivity contribution in [3.63, 3.8) is 0 Å². The van der Waals surface area contributed by atoms with Crippen LogP contribution in [0.5, 0.6) is 0 Å². The number of rotatable bonds is 9. The Morgan fingerprint density at radius 3 is 2.69 bits per heavy atom. The Kier molecular flexibility index (Phi) is 7.81. The van der Waals surface area contributed by atoms with Crippen molar-refractivity contribution in [2.24, 2.45) is 0 Å². The number of nitro groups is 1. The maximum atomic E-state index is 13.1. The van der Waals surface area contributed by atoms with Gasteiger partial charge in [-0.25, -0.2) is 4.79 Å². The van der Waals surface area contributed by atoms with Crippen LogP contribution < -0.4 is 5.32 Å². The highest BCUT2D eigenvalue weighted by molar-refractivity contribution is 7.10. The summed E-state index contributed by atoms with van der Waals surface area (Å²) in [6.45, 7) is 6.57. The van der Waals surface area contributed by atoms with Crippen LogP contribution in [0, 0.1) is 10.1 Å². The van der Waals surface area contributed by atoms with Crippen molar-refractivity contribution in [3.8, 4) is 0 Å². The van der Waals surface area contributed by atoms with Crippen molar-refractivity contribution >= 4 is 28.2 Å². The topological polar surface area (TPSA) is 97.6 Å². The van der Waals surface area contributed by atoms with Gasteiger partial charge in [-0.2, -0.15) is 4.37 Å². The molecule has 2 aromatic carbocycles. The van der Waals surface area contributed by atoms with Gasteiger partial charge in [0.05, 0.1) is 22.8 Å². The fourth-order valence-electron chi connectivity index (χ4n) is 4.56. The average Bonchev–Trinajstić information content (AvgIpc) is 3.25. The van der Waals surface area contributed by atoms with Crippen molar-refractivity contribution in [2.75, 3.05) is 19.0 Å². The van der Waals surface area contributed by atoms with Crippen LogP contribution in [-0.2, 0) is 22.5 Å². The van der Waals surface area contributed by atoms with Gasteiger partial charge in [0, 0.05) is 41.9 Å². The average molecular weight is 507 g/mol. The van der Waals surface area contributed by atoms with Crippen LogP contribution in [0.15, 0.2) is 65.9 Å². The SMILES string of the molecule is CCOC(=O)C1=C(C)Nc2snc(CN(C)C(C)Cc3ccccc3)c2C1c1cccc([N+](=O)[O-])c1. The second-order valence-electron chi connectivity index (χ2n) is 9.00. The minimum atomic E-state index is -0.522. The van der Waals surface area contributed by atoms with Gasteiger partial charge in [0.25, 0.3) is 5.69 Å². The van der Waals surface area contributed by atoms with E-state index in [1.807, 2.05) is 31.2 Å². The van der Waals surface area contributed by atoms with Gasteiger partial charge in [-0.15, -0.1) is 0 Å². The summed E-state index contributed by atoms with van der Waals surface area (Å²) in [5.41, 5.74) is 4.73. The van der Waals surface area contributed by atoms with Crippen LogP contribution in [0.4, 0.5) is 10.7 Å². The molecular formula is C27H30N4O4S. The Hall–Kier alpha value is -3.56. The van der Waals surface area contributed by atoms with Crippen LogP contribution >= 0.6 is 11.5 Å². The zero-order chi connectivity index (χ0) is 25.8. The fourth-order valence-corrected chi connectivity index (χ4v) is 5.45. The van der Waals surface area contributed by atoms with E-state index in [9.17, 15) is 14.9 Å². The number of nitrogens with one attached hydrogen (secondary N) is 1. The molecule has 0 aliphatic carbocycles. The third-order valence-electron chi connectivity index (χ3n) is 6.52. The number of nitrogens with zero attached hydrogens (tertiary/aromatic N) is 3. The summed E-state index contributed by atoms with van der Waals surface area (Å²) in [6.07, 6.45) is 0.892. The molecule has 3 aromatic rings. The lowest BCUT2D eigenvalue weighted by Gasteiger charge is -2.30. The molecule has 0 bridgehead atoms. The summed E-state index contributed by atoms with van der Waals surface area (Å²) in [7, 11) is 2.06. The van der Waals surface area contributed by atoms with Gasteiger partial charge in [0.2, 0.25) is 0 Å². The van der Waals surface area contributed by atoms with Gasteiger partial charge in [0.1, 0.15) is 5.00 Å². The molecule has 4 rings (SSSR count). The lowest BCUT2D eigenvalue weighted by Crippen LogP contribution is -2.31. The van der Waals surface area contributed by atoms with E-state index in [0.29, 0.717) is 23.4 Å². The summed E-state index contributed by atoms with van der Waals surface area (Å²) >= 11 is 1.34. The molecule has 188 valence electrons. The zero-order valence-electron chi connectivity index (χ0n) is 20.9. The molecule has 0 spiro atoms. The van der Waals surface area contributed by atoms with Crippen molar-refractivity contribution < 1.29 is 14.5 Å². The molecule has 0 saturated heterocycles. The number of anilines is 1. The van der Waals surface area contributed by atoms with E-state index in [0.717, 1.165) is 22.7 Å². The first-order chi connectivity index (χ1) is 17.3. The Labute approximate surface area is 214 Å². The number of hydrogen-bond acceptors (Lipinski definition) is 8. The number of allylic oxidation sites excluding steroid dienone is 1. The van der Waals surface area contributed by atoms with Crippen LogP contribution in [0.1, 0.15) is 49.1 Å². The number of nitro benzene ring substituents is 1. The van der Waals surface area contributed by atoms with Crippen LogP contribution in [0.3, 0.4) is 0 Å². The molecule has 0 amide bonds. The molecule has 36 heavy (non-hydrogen) atoms. The Bertz CT molecular complexity index is 1290. The molecule has 0 saturated carbocycles. The first-order valence-electron chi connectivity index (χ1n) is 11.9. The number of carbonyl (C=O) groups is 1. The van der Waals surface area contributed by atoms with E-state index in [1.165, 1.54) is 29.2 Å². The normalized spacial score (nSPS) is 15.9. The number of likely N-dealkylation sites (N-methyl/N-ethyl adjacent to an activating group) is 1. The molecule has 1 aromatic heterocycles.